The molecule has 0 atom stereocenters. The predicted octanol–water partition coefficient (Wildman–Crippen LogP) is 3.63. The Morgan fingerprint density at radius 3 is 2.24 bits per heavy atom. The Morgan fingerprint density at radius 2 is 1.71 bits per heavy atom. The van der Waals surface area contributed by atoms with E-state index in [2.05, 4.69) is 0 Å². The monoisotopic (exact) mass is 228 g/mol. The molecule has 0 amide bonds. The Balaban J connectivity index is 2.28. The summed E-state index contributed by atoms with van der Waals surface area (Å²) in [4.78, 5) is 12.1. The number of carbonyl (C=O) groups is 1. The molecule has 0 aliphatic carbocycles. The lowest BCUT2D eigenvalue weighted by Crippen LogP contribution is -2.06. The summed E-state index contributed by atoms with van der Waals surface area (Å²) in [5, 5.41) is 0. The van der Waals surface area contributed by atoms with Crippen molar-refractivity contribution in [1.82, 2.24) is 0 Å². The number of furan rings is 1. The summed E-state index contributed by atoms with van der Waals surface area (Å²) in [6.07, 6.45) is 1.97. The van der Waals surface area contributed by atoms with Crippen LogP contribution in [-0.4, -0.2) is 5.78 Å². The summed E-state index contributed by atoms with van der Waals surface area (Å²) in [6, 6.07) is 7.89. The highest BCUT2D eigenvalue weighted by Gasteiger charge is 2.15. The van der Waals surface area contributed by atoms with Crippen molar-refractivity contribution >= 4 is 5.78 Å². The van der Waals surface area contributed by atoms with Gasteiger partial charge in [0.25, 0.3) is 0 Å². The first-order valence-electron chi connectivity index (χ1n) is 5.72. The molecule has 2 heteroatoms. The van der Waals surface area contributed by atoms with Crippen LogP contribution in [0, 0.1) is 20.8 Å². The highest BCUT2D eigenvalue weighted by Crippen LogP contribution is 2.18. The van der Waals surface area contributed by atoms with Gasteiger partial charge < -0.3 is 4.42 Å². The lowest BCUT2D eigenvalue weighted by molar-refractivity contribution is 0.0965. The molecule has 0 spiro atoms. The number of aryl methyl sites for hydroxylation is 3. The standard InChI is InChI=1S/C15H16O2/c1-10-5-4-6-11(2)13(10)9-14(16)15-12(3)7-8-17-15/h4-8H,9H2,1-3H3. The predicted molar refractivity (Wildman–Crippen MR) is 67.4 cm³/mol. The Labute approximate surface area is 101 Å². The highest BCUT2D eigenvalue weighted by molar-refractivity contribution is 5.96. The SMILES string of the molecule is Cc1ccoc1C(=O)Cc1c(C)cccc1C. The van der Waals surface area contributed by atoms with E-state index in [1.807, 2.05) is 45.0 Å². The Kier molecular flexibility index (Phi) is 3.14. The van der Waals surface area contributed by atoms with Crippen molar-refractivity contribution < 1.29 is 9.21 Å². The fourth-order valence-corrected chi connectivity index (χ4v) is 2.03. The molecular formula is C15H16O2. The summed E-state index contributed by atoms with van der Waals surface area (Å²) in [5.74, 6) is 0.526. The van der Waals surface area contributed by atoms with Crippen LogP contribution in [0.2, 0.25) is 0 Å². The van der Waals surface area contributed by atoms with E-state index in [0.717, 1.165) is 22.3 Å². The zero-order valence-electron chi connectivity index (χ0n) is 10.4. The van der Waals surface area contributed by atoms with Gasteiger partial charge in [-0.2, -0.15) is 0 Å². The maximum atomic E-state index is 12.1. The van der Waals surface area contributed by atoms with Gasteiger partial charge >= 0.3 is 0 Å². The molecule has 17 heavy (non-hydrogen) atoms. The molecule has 1 heterocycles. The molecule has 2 aromatic rings. The molecule has 0 aliphatic heterocycles. The Hall–Kier alpha value is -1.83. The van der Waals surface area contributed by atoms with E-state index in [0.29, 0.717) is 12.2 Å². The number of hydrogen-bond donors (Lipinski definition) is 0. The van der Waals surface area contributed by atoms with Crippen LogP contribution in [0.5, 0.6) is 0 Å². The van der Waals surface area contributed by atoms with Gasteiger partial charge in [0, 0.05) is 6.42 Å². The van der Waals surface area contributed by atoms with E-state index in [-0.39, 0.29) is 5.78 Å². The average molecular weight is 228 g/mol. The zero-order chi connectivity index (χ0) is 12.4. The molecule has 0 bridgehead atoms. The molecule has 0 saturated heterocycles. The topological polar surface area (TPSA) is 30.2 Å². The smallest absolute Gasteiger partial charge is 0.202 e. The third kappa shape index (κ3) is 2.31. The van der Waals surface area contributed by atoms with Gasteiger partial charge in [-0.25, -0.2) is 0 Å². The first-order valence-corrected chi connectivity index (χ1v) is 5.72. The molecule has 0 fully saturated rings. The fraction of sp³-hybridized carbons (Fsp3) is 0.267. The van der Waals surface area contributed by atoms with Gasteiger partial charge in [-0.05, 0) is 49.1 Å². The molecule has 0 unspecified atom stereocenters. The molecule has 0 radical (unpaired) electrons. The van der Waals surface area contributed by atoms with Crippen molar-refractivity contribution in [1.29, 1.82) is 0 Å². The summed E-state index contributed by atoms with van der Waals surface area (Å²) in [7, 11) is 0. The zero-order valence-corrected chi connectivity index (χ0v) is 10.4. The fourth-order valence-electron chi connectivity index (χ4n) is 2.03. The molecule has 2 nitrogen and oxygen atoms in total. The van der Waals surface area contributed by atoms with Crippen molar-refractivity contribution in [3.05, 3.63) is 58.5 Å². The lowest BCUT2D eigenvalue weighted by Gasteiger charge is -2.08. The Bertz CT molecular complexity index is 530. The van der Waals surface area contributed by atoms with Gasteiger partial charge in [-0.1, -0.05) is 18.2 Å². The minimum Gasteiger partial charge on any atom is -0.461 e. The summed E-state index contributed by atoms with van der Waals surface area (Å²) in [6.45, 7) is 5.96. The molecule has 1 aromatic heterocycles. The van der Waals surface area contributed by atoms with Crippen LogP contribution in [0.3, 0.4) is 0 Å². The third-order valence-electron chi connectivity index (χ3n) is 3.10. The molecule has 0 saturated carbocycles. The van der Waals surface area contributed by atoms with Crippen molar-refractivity contribution in [2.24, 2.45) is 0 Å². The summed E-state index contributed by atoms with van der Waals surface area (Å²) >= 11 is 0. The molecular weight excluding hydrogens is 212 g/mol. The van der Waals surface area contributed by atoms with Crippen molar-refractivity contribution in [2.45, 2.75) is 27.2 Å². The first kappa shape index (κ1) is 11.6. The minimum absolute atomic E-state index is 0.0462. The van der Waals surface area contributed by atoms with Gasteiger partial charge in [0.15, 0.2) is 5.76 Å². The molecule has 88 valence electrons. The minimum atomic E-state index is 0.0462. The number of Topliss-reactive ketones (excluding diaryl/α,β-unsaturated/α-hetero) is 1. The van der Waals surface area contributed by atoms with Crippen LogP contribution in [0.1, 0.15) is 32.8 Å². The maximum absolute atomic E-state index is 12.1. The number of benzene rings is 1. The first-order chi connectivity index (χ1) is 8.09. The van der Waals surface area contributed by atoms with Gasteiger partial charge in [0.2, 0.25) is 5.78 Å². The van der Waals surface area contributed by atoms with Crippen molar-refractivity contribution in [3.63, 3.8) is 0 Å². The molecule has 0 N–H and O–H groups in total. The largest absolute Gasteiger partial charge is 0.461 e. The van der Waals surface area contributed by atoms with E-state index < -0.39 is 0 Å². The average Bonchev–Trinajstić information content (AvgIpc) is 2.70. The number of hydrogen-bond acceptors (Lipinski definition) is 2. The Morgan fingerprint density at radius 1 is 1.06 bits per heavy atom. The number of ketones is 1. The van der Waals surface area contributed by atoms with Crippen LogP contribution in [0.15, 0.2) is 34.9 Å². The van der Waals surface area contributed by atoms with E-state index in [9.17, 15) is 4.79 Å². The van der Waals surface area contributed by atoms with Gasteiger partial charge in [-0.3, -0.25) is 4.79 Å². The van der Waals surface area contributed by atoms with Gasteiger partial charge in [0.05, 0.1) is 6.26 Å². The quantitative estimate of drug-likeness (QED) is 0.751. The molecule has 1 aromatic carbocycles. The lowest BCUT2D eigenvalue weighted by atomic mass is 9.97. The van der Waals surface area contributed by atoms with E-state index in [1.54, 1.807) is 6.26 Å². The van der Waals surface area contributed by atoms with Crippen LogP contribution >= 0.6 is 0 Å². The molecule has 2 rings (SSSR count). The van der Waals surface area contributed by atoms with Gasteiger partial charge in [-0.15, -0.1) is 0 Å². The second-order valence-corrected chi connectivity index (χ2v) is 4.40. The van der Waals surface area contributed by atoms with Crippen molar-refractivity contribution in [2.75, 3.05) is 0 Å². The van der Waals surface area contributed by atoms with Crippen LogP contribution < -0.4 is 0 Å². The highest BCUT2D eigenvalue weighted by atomic mass is 16.3. The number of rotatable bonds is 3. The normalized spacial score (nSPS) is 10.5. The second kappa shape index (κ2) is 4.58. The van der Waals surface area contributed by atoms with Crippen LogP contribution in [0.4, 0.5) is 0 Å². The summed E-state index contributed by atoms with van der Waals surface area (Å²) < 4.78 is 5.23. The number of carbonyl (C=O) groups excluding carboxylic acids is 1. The van der Waals surface area contributed by atoms with E-state index in [1.165, 1.54) is 0 Å². The van der Waals surface area contributed by atoms with E-state index in [4.69, 9.17) is 4.42 Å². The summed E-state index contributed by atoms with van der Waals surface area (Å²) in [5.41, 5.74) is 4.32. The van der Waals surface area contributed by atoms with Gasteiger partial charge in [0.1, 0.15) is 0 Å². The van der Waals surface area contributed by atoms with Crippen molar-refractivity contribution in [3.8, 4) is 0 Å². The maximum Gasteiger partial charge on any atom is 0.202 e. The molecule has 0 aliphatic rings. The third-order valence-corrected chi connectivity index (χ3v) is 3.10. The van der Waals surface area contributed by atoms with Crippen LogP contribution in [0.25, 0.3) is 0 Å². The second-order valence-electron chi connectivity index (χ2n) is 4.40. The van der Waals surface area contributed by atoms with Crippen LogP contribution in [-0.2, 0) is 6.42 Å². The van der Waals surface area contributed by atoms with E-state index >= 15 is 0 Å².